The molecule has 0 saturated carbocycles. The van der Waals surface area contributed by atoms with Gasteiger partial charge in [-0.25, -0.2) is 23.1 Å². The van der Waals surface area contributed by atoms with Crippen LogP contribution in [0.5, 0.6) is 0 Å². The van der Waals surface area contributed by atoms with Crippen molar-refractivity contribution in [3.8, 4) is 0 Å². The number of hydrogen-bond acceptors (Lipinski definition) is 4. The summed E-state index contributed by atoms with van der Waals surface area (Å²) in [6.45, 7) is 4.39. The number of aromatic nitrogens is 2. The summed E-state index contributed by atoms with van der Waals surface area (Å²) in [5.74, 6) is 0.262. The Hall–Kier alpha value is -2.83. The van der Waals surface area contributed by atoms with Crippen molar-refractivity contribution in [2.45, 2.75) is 32.7 Å². The summed E-state index contributed by atoms with van der Waals surface area (Å²) in [6.07, 6.45) is -1.91. The molecule has 140 valence electrons. The minimum atomic E-state index is -2.85. The van der Waals surface area contributed by atoms with E-state index in [9.17, 15) is 13.2 Å². The van der Waals surface area contributed by atoms with Crippen molar-refractivity contribution in [3.05, 3.63) is 58.7 Å². The highest BCUT2D eigenvalue weighted by molar-refractivity contribution is 5.93. The molecule has 2 heterocycles. The van der Waals surface area contributed by atoms with E-state index in [0.29, 0.717) is 11.6 Å². The summed E-state index contributed by atoms with van der Waals surface area (Å²) < 4.78 is 40.5. The van der Waals surface area contributed by atoms with E-state index in [4.69, 9.17) is 0 Å². The Morgan fingerprint density at radius 1 is 1.15 bits per heavy atom. The van der Waals surface area contributed by atoms with Gasteiger partial charge in [0.15, 0.2) is 0 Å². The molecular formula is C20H19F3N4. The summed E-state index contributed by atoms with van der Waals surface area (Å²) in [6, 6.07) is 7.54. The second kappa shape index (κ2) is 6.72. The molecule has 4 nitrogen and oxygen atoms in total. The summed E-state index contributed by atoms with van der Waals surface area (Å²) in [7, 11) is 0. The van der Waals surface area contributed by atoms with Gasteiger partial charge in [0.25, 0.3) is 6.43 Å². The van der Waals surface area contributed by atoms with Crippen LogP contribution in [0, 0.1) is 12.7 Å². The minimum absolute atomic E-state index is 0.177. The van der Waals surface area contributed by atoms with Crippen LogP contribution in [0.15, 0.2) is 30.3 Å². The molecule has 3 aromatic rings. The summed E-state index contributed by atoms with van der Waals surface area (Å²) in [5.41, 5.74) is 2.64. The molecule has 0 fully saturated rings. The third-order valence-electron chi connectivity index (χ3n) is 4.86. The Kier molecular flexibility index (Phi) is 4.37. The molecule has 7 heteroatoms. The minimum Gasteiger partial charge on any atom is -0.384 e. The van der Waals surface area contributed by atoms with Gasteiger partial charge in [-0.05, 0) is 38.0 Å². The van der Waals surface area contributed by atoms with Crippen LogP contribution in [0.25, 0.3) is 10.9 Å². The topological polar surface area (TPSA) is 49.8 Å². The molecule has 1 aliphatic rings. The predicted octanol–water partition coefficient (Wildman–Crippen LogP) is 5.16. The molecule has 0 bridgehead atoms. The van der Waals surface area contributed by atoms with Gasteiger partial charge >= 0.3 is 0 Å². The summed E-state index contributed by atoms with van der Waals surface area (Å²) in [5, 5.41) is 7.31. The fourth-order valence-corrected chi connectivity index (χ4v) is 3.50. The first-order valence-corrected chi connectivity index (χ1v) is 8.82. The number of anilines is 2. The van der Waals surface area contributed by atoms with Gasteiger partial charge in [-0.3, -0.25) is 0 Å². The lowest BCUT2D eigenvalue weighted by atomic mass is 10.0. The largest absolute Gasteiger partial charge is 0.384 e. The van der Waals surface area contributed by atoms with Crippen molar-refractivity contribution in [2.75, 3.05) is 17.2 Å². The highest BCUT2D eigenvalue weighted by atomic mass is 19.3. The van der Waals surface area contributed by atoms with Crippen molar-refractivity contribution >= 4 is 22.4 Å². The van der Waals surface area contributed by atoms with Crippen molar-refractivity contribution in [2.24, 2.45) is 0 Å². The zero-order chi connectivity index (χ0) is 19.1. The normalized spacial score (nSPS) is 14.3. The number of aryl methyl sites for hydroxylation is 1. The standard InChI is InChI=1S/C20H19F3N4/c1-10(13-4-3-5-14(18(13)21)19(22)23)25-20-15-9-16-12(6-7-24-16)8-17(15)26-11(2)27-20/h3-5,8-10,19,24H,6-7H2,1-2H3,(H,25,26,27)/t10-/m1/s1. The van der Waals surface area contributed by atoms with E-state index in [1.54, 1.807) is 13.8 Å². The number of rotatable bonds is 4. The van der Waals surface area contributed by atoms with Crippen LogP contribution >= 0.6 is 0 Å². The lowest BCUT2D eigenvalue weighted by Gasteiger charge is -2.19. The zero-order valence-corrected chi connectivity index (χ0v) is 15.0. The number of nitrogens with zero attached hydrogens (tertiary/aromatic N) is 2. The molecule has 0 unspecified atom stereocenters. The Morgan fingerprint density at radius 3 is 2.70 bits per heavy atom. The summed E-state index contributed by atoms with van der Waals surface area (Å²) >= 11 is 0. The predicted molar refractivity (Wildman–Crippen MR) is 99.9 cm³/mol. The molecule has 1 aromatic heterocycles. The molecule has 4 rings (SSSR count). The van der Waals surface area contributed by atoms with Crippen LogP contribution in [0.2, 0.25) is 0 Å². The van der Waals surface area contributed by atoms with E-state index >= 15 is 0 Å². The molecule has 27 heavy (non-hydrogen) atoms. The Bertz CT molecular complexity index is 1020. The van der Waals surface area contributed by atoms with Crippen molar-refractivity contribution in [1.82, 2.24) is 9.97 Å². The van der Waals surface area contributed by atoms with Crippen LogP contribution in [0.1, 0.15) is 41.9 Å². The molecule has 0 spiro atoms. The van der Waals surface area contributed by atoms with Crippen LogP contribution in [0.3, 0.4) is 0 Å². The van der Waals surface area contributed by atoms with Crippen molar-refractivity contribution in [3.63, 3.8) is 0 Å². The second-order valence-corrected chi connectivity index (χ2v) is 6.74. The second-order valence-electron chi connectivity index (χ2n) is 6.74. The lowest BCUT2D eigenvalue weighted by molar-refractivity contribution is 0.146. The maximum absolute atomic E-state index is 14.5. The Balaban J connectivity index is 1.74. The van der Waals surface area contributed by atoms with E-state index in [1.807, 2.05) is 12.1 Å². The number of alkyl halides is 2. The van der Waals surface area contributed by atoms with Crippen LogP contribution in [-0.4, -0.2) is 16.5 Å². The molecule has 0 aliphatic carbocycles. The third-order valence-corrected chi connectivity index (χ3v) is 4.86. The van der Waals surface area contributed by atoms with Gasteiger partial charge in [0, 0.05) is 23.2 Å². The van der Waals surface area contributed by atoms with E-state index in [0.717, 1.165) is 35.6 Å². The van der Waals surface area contributed by atoms with Crippen molar-refractivity contribution < 1.29 is 13.2 Å². The lowest BCUT2D eigenvalue weighted by Crippen LogP contribution is -2.12. The Morgan fingerprint density at radius 2 is 1.93 bits per heavy atom. The fraction of sp³-hybridized carbons (Fsp3) is 0.300. The quantitative estimate of drug-likeness (QED) is 0.664. The van der Waals surface area contributed by atoms with Crippen molar-refractivity contribution in [1.29, 1.82) is 0 Å². The molecule has 1 atom stereocenters. The zero-order valence-electron chi connectivity index (χ0n) is 15.0. The Labute approximate surface area is 154 Å². The maximum atomic E-state index is 14.5. The van der Waals surface area contributed by atoms with Gasteiger partial charge in [0.2, 0.25) is 0 Å². The SMILES string of the molecule is Cc1nc(N[C@H](C)c2cccc(C(F)F)c2F)c2cc3c(cc2n1)CCN3. The summed E-state index contributed by atoms with van der Waals surface area (Å²) in [4.78, 5) is 8.96. The number of nitrogens with one attached hydrogen (secondary N) is 2. The van der Waals surface area contributed by atoms with Gasteiger partial charge in [0.05, 0.1) is 17.1 Å². The first kappa shape index (κ1) is 17.6. The number of halogens is 3. The van der Waals surface area contributed by atoms with Gasteiger partial charge < -0.3 is 10.6 Å². The molecule has 2 aromatic carbocycles. The van der Waals surface area contributed by atoms with E-state index in [-0.39, 0.29) is 5.56 Å². The first-order valence-electron chi connectivity index (χ1n) is 8.82. The molecule has 0 saturated heterocycles. The highest BCUT2D eigenvalue weighted by Gasteiger charge is 2.21. The maximum Gasteiger partial charge on any atom is 0.266 e. The fourth-order valence-electron chi connectivity index (χ4n) is 3.50. The molecular weight excluding hydrogens is 353 g/mol. The van der Waals surface area contributed by atoms with E-state index < -0.39 is 23.8 Å². The van der Waals surface area contributed by atoms with Crippen LogP contribution < -0.4 is 10.6 Å². The molecule has 1 aliphatic heterocycles. The first-order chi connectivity index (χ1) is 12.9. The monoisotopic (exact) mass is 372 g/mol. The molecule has 0 amide bonds. The van der Waals surface area contributed by atoms with E-state index in [1.165, 1.54) is 17.7 Å². The number of benzene rings is 2. The average molecular weight is 372 g/mol. The van der Waals surface area contributed by atoms with Gasteiger partial charge in [0.1, 0.15) is 17.5 Å². The van der Waals surface area contributed by atoms with Gasteiger partial charge in [-0.1, -0.05) is 18.2 Å². The third kappa shape index (κ3) is 3.18. The smallest absolute Gasteiger partial charge is 0.266 e. The van der Waals surface area contributed by atoms with Crippen LogP contribution in [0.4, 0.5) is 24.7 Å². The van der Waals surface area contributed by atoms with Crippen LogP contribution in [-0.2, 0) is 6.42 Å². The van der Waals surface area contributed by atoms with Gasteiger partial charge in [-0.15, -0.1) is 0 Å². The highest BCUT2D eigenvalue weighted by Crippen LogP contribution is 2.33. The molecule has 0 radical (unpaired) electrons. The van der Waals surface area contributed by atoms with Gasteiger partial charge in [-0.2, -0.15) is 0 Å². The average Bonchev–Trinajstić information content (AvgIpc) is 3.07. The number of hydrogen-bond donors (Lipinski definition) is 2. The molecule has 2 N–H and O–H groups in total. The number of fused-ring (bicyclic) bond motifs is 2. The van der Waals surface area contributed by atoms with E-state index in [2.05, 4.69) is 20.6 Å².